The average Bonchev–Trinajstić information content (AvgIpc) is 2.90. The van der Waals surface area contributed by atoms with E-state index in [1.807, 2.05) is 12.1 Å². The first-order chi connectivity index (χ1) is 6.38. The van der Waals surface area contributed by atoms with Gasteiger partial charge in [0.2, 0.25) is 0 Å². The van der Waals surface area contributed by atoms with Gasteiger partial charge in [-0.05, 0) is 37.0 Å². The zero-order valence-electron chi connectivity index (χ0n) is 7.50. The van der Waals surface area contributed by atoms with Gasteiger partial charge in [-0.3, -0.25) is 0 Å². The van der Waals surface area contributed by atoms with E-state index in [9.17, 15) is 0 Å². The second-order valence-corrected chi connectivity index (χ2v) is 3.78. The zero-order chi connectivity index (χ0) is 9.10. The minimum Gasteiger partial charge on any atom is -0.490 e. The van der Waals surface area contributed by atoms with E-state index in [-0.39, 0.29) is 0 Å². The Labute approximate surface area is 83.7 Å². The first kappa shape index (κ1) is 8.89. The molecule has 0 heterocycles. The summed E-state index contributed by atoms with van der Waals surface area (Å²) in [5, 5.41) is 0. The number of ether oxygens (including phenoxy) is 1. The average molecular weight is 197 g/mol. The van der Waals surface area contributed by atoms with Gasteiger partial charge >= 0.3 is 0 Å². The summed E-state index contributed by atoms with van der Waals surface area (Å²) in [6.45, 7) is 0. The van der Waals surface area contributed by atoms with E-state index in [0.29, 0.717) is 12.0 Å². The van der Waals surface area contributed by atoms with Crippen molar-refractivity contribution in [3.63, 3.8) is 0 Å². The molecule has 1 saturated carbocycles. The quantitative estimate of drug-likeness (QED) is 0.673. The number of aryl methyl sites for hydroxylation is 1. The topological polar surface area (TPSA) is 9.23 Å². The molecule has 2 rings (SSSR count). The Bertz CT molecular complexity index is 281. The largest absolute Gasteiger partial charge is 0.490 e. The van der Waals surface area contributed by atoms with E-state index >= 15 is 0 Å². The molecule has 0 amide bonds. The maximum absolute atomic E-state index is 5.67. The third kappa shape index (κ3) is 2.63. The molecule has 0 saturated heterocycles. The van der Waals surface area contributed by atoms with Crippen LogP contribution in [0.2, 0.25) is 0 Å². The van der Waals surface area contributed by atoms with Gasteiger partial charge in [-0.15, -0.1) is 11.6 Å². The van der Waals surface area contributed by atoms with Crippen molar-refractivity contribution in [2.45, 2.75) is 25.4 Å². The van der Waals surface area contributed by atoms with Crippen LogP contribution in [0, 0.1) is 0 Å². The number of halogens is 1. The minimum atomic E-state index is 0.478. The molecule has 1 fully saturated rings. The van der Waals surface area contributed by atoms with Crippen molar-refractivity contribution >= 4 is 11.6 Å². The molecule has 1 aromatic carbocycles. The number of hydrogen-bond acceptors (Lipinski definition) is 1. The molecule has 0 atom stereocenters. The predicted octanol–water partition coefficient (Wildman–Crippen LogP) is 3.01. The molecule has 1 aliphatic carbocycles. The van der Waals surface area contributed by atoms with Gasteiger partial charge in [-0.1, -0.05) is 12.1 Å². The molecule has 0 N–H and O–H groups in total. The summed E-state index contributed by atoms with van der Waals surface area (Å²) < 4.78 is 5.67. The molecule has 70 valence electrons. The SMILES string of the molecule is ClCCc1cccc(OC2CC2)c1. The van der Waals surface area contributed by atoms with Crippen LogP contribution in [0.25, 0.3) is 0 Å². The molecule has 0 radical (unpaired) electrons. The molecule has 0 aromatic heterocycles. The minimum absolute atomic E-state index is 0.478. The van der Waals surface area contributed by atoms with Gasteiger partial charge in [0.15, 0.2) is 0 Å². The summed E-state index contributed by atoms with van der Waals surface area (Å²) >= 11 is 5.67. The molecule has 0 spiro atoms. The van der Waals surface area contributed by atoms with Crippen molar-refractivity contribution < 1.29 is 4.74 Å². The normalized spacial score (nSPS) is 15.8. The summed E-state index contributed by atoms with van der Waals surface area (Å²) in [5.74, 6) is 1.66. The molecule has 0 unspecified atom stereocenters. The maximum Gasteiger partial charge on any atom is 0.119 e. The van der Waals surface area contributed by atoms with E-state index in [0.717, 1.165) is 12.2 Å². The van der Waals surface area contributed by atoms with E-state index in [4.69, 9.17) is 16.3 Å². The third-order valence-electron chi connectivity index (χ3n) is 2.11. The number of alkyl halides is 1. The highest BCUT2D eigenvalue weighted by atomic mass is 35.5. The first-order valence-corrected chi connectivity index (χ1v) is 5.23. The van der Waals surface area contributed by atoms with Gasteiger partial charge in [0.1, 0.15) is 5.75 Å². The summed E-state index contributed by atoms with van der Waals surface area (Å²) in [4.78, 5) is 0. The van der Waals surface area contributed by atoms with Gasteiger partial charge in [0.25, 0.3) is 0 Å². The number of hydrogen-bond donors (Lipinski definition) is 0. The molecule has 0 bridgehead atoms. The van der Waals surface area contributed by atoms with E-state index in [1.54, 1.807) is 0 Å². The number of benzene rings is 1. The summed E-state index contributed by atoms with van der Waals surface area (Å²) in [6, 6.07) is 8.21. The van der Waals surface area contributed by atoms with Crippen LogP contribution in [0.5, 0.6) is 5.75 Å². The lowest BCUT2D eigenvalue weighted by atomic mass is 10.2. The van der Waals surface area contributed by atoms with Gasteiger partial charge in [-0.25, -0.2) is 0 Å². The molecular formula is C11H13ClO. The van der Waals surface area contributed by atoms with Crippen molar-refractivity contribution in [1.82, 2.24) is 0 Å². The Morgan fingerprint density at radius 1 is 1.38 bits per heavy atom. The van der Waals surface area contributed by atoms with Crippen LogP contribution in [-0.2, 0) is 6.42 Å². The number of rotatable bonds is 4. The van der Waals surface area contributed by atoms with Crippen molar-refractivity contribution in [1.29, 1.82) is 0 Å². The Morgan fingerprint density at radius 2 is 2.23 bits per heavy atom. The van der Waals surface area contributed by atoms with Crippen LogP contribution in [-0.4, -0.2) is 12.0 Å². The fourth-order valence-electron chi connectivity index (χ4n) is 1.26. The van der Waals surface area contributed by atoms with E-state index < -0.39 is 0 Å². The van der Waals surface area contributed by atoms with Crippen LogP contribution in [0.15, 0.2) is 24.3 Å². The van der Waals surface area contributed by atoms with Crippen molar-refractivity contribution in [3.8, 4) is 5.75 Å². The van der Waals surface area contributed by atoms with Crippen molar-refractivity contribution in [3.05, 3.63) is 29.8 Å². The highest BCUT2D eigenvalue weighted by Crippen LogP contribution is 2.27. The monoisotopic (exact) mass is 196 g/mol. The molecule has 1 nitrogen and oxygen atoms in total. The highest BCUT2D eigenvalue weighted by molar-refractivity contribution is 6.17. The Morgan fingerprint density at radius 3 is 2.92 bits per heavy atom. The van der Waals surface area contributed by atoms with Gasteiger partial charge < -0.3 is 4.74 Å². The summed E-state index contributed by atoms with van der Waals surface area (Å²) in [7, 11) is 0. The lowest BCUT2D eigenvalue weighted by Gasteiger charge is -2.05. The molecule has 1 aromatic rings. The second-order valence-electron chi connectivity index (χ2n) is 3.40. The Balaban J connectivity index is 2.02. The first-order valence-electron chi connectivity index (χ1n) is 4.70. The summed E-state index contributed by atoms with van der Waals surface area (Å²) in [6.07, 6.45) is 3.81. The summed E-state index contributed by atoms with van der Waals surface area (Å²) in [5.41, 5.74) is 1.26. The lowest BCUT2D eigenvalue weighted by Crippen LogP contribution is -1.96. The molecule has 0 aliphatic heterocycles. The van der Waals surface area contributed by atoms with E-state index in [2.05, 4.69) is 12.1 Å². The molecule has 2 heteroatoms. The standard InChI is InChI=1S/C11H13ClO/c12-7-6-9-2-1-3-11(8-9)13-10-4-5-10/h1-3,8,10H,4-7H2. The van der Waals surface area contributed by atoms with Gasteiger partial charge in [0, 0.05) is 5.88 Å². The smallest absolute Gasteiger partial charge is 0.119 e. The molecular weight excluding hydrogens is 184 g/mol. The molecule has 1 aliphatic rings. The van der Waals surface area contributed by atoms with Crippen LogP contribution in [0.4, 0.5) is 0 Å². The van der Waals surface area contributed by atoms with Crippen molar-refractivity contribution in [2.24, 2.45) is 0 Å². The van der Waals surface area contributed by atoms with Crippen molar-refractivity contribution in [2.75, 3.05) is 5.88 Å². The zero-order valence-corrected chi connectivity index (χ0v) is 8.26. The Kier molecular flexibility index (Phi) is 2.74. The highest BCUT2D eigenvalue weighted by Gasteiger charge is 2.23. The van der Waals surface area contributed by atoms with Crippen LogP contribution < -0.4 is 4.74 Å². The van der Waals surface area contributed by atoms with Gasteiger partial charge in [0.05, 0.1) is 6.10 Å². The van der Waals surface area contributed by atoms with Crippen LogP contribution in [0.3, 0.4) is 0 Å². The van der Waals surface area contributed by atoms with Crippen LogP contribution in [0.1, 0.15) is 18.4 Å². The fraction of sp³-hybridized carbons (Fsp3) is 0.455. The maximum atomic E-state index is 5.67. The lowest BCUT2D eigenvalue weighted by molar-refractivity contribution is 0.303. The fourth-order valence-corrected chi connectivity index (χ4v) is 1.48. The van der Waals surface area contributed by atoms with E-state index in [1.165, 1.54) is 18.4 Å². The predicted molar refractivity (Wildman–Crippen MR) is 54.5 cm³/mol. The van der Waals surface area contributed by atoms with Crippen LogP contribution >= 0.6 is 11.6 Å². The second kappa shape index (κ2) is 4.01. The molecule has 13 heavy (non-hydrogen) atoms. The Hall–Kier alpha value is -0.690. The third-order valence-corrected chi connectivity index (χ3v) is 2.30. The van der Waals surface area contributed by atoms with Gasteiger partial charge in [-0.2, -0.15) is 0 Å².